The second kappa shape index (κ2) is 11.7. The fourth-order valence-electron chi connectivity index (χ4n) is 5.50. The monoisotopic (exact) mass is 523 g/mol. The van der Waals surface area contributed by atoms with E-state index in [1.807, 2.05) is 19.9 Å². The van der Waals surface area contributed by atoms with E-state index in [1.54, 1.807) is 38.2 Å². The molecule has 2 aliphatic rings. The standard InChI is InChI=1S/C28H35BFN3O5/c1-18-13-32(14-19(2)38-18)15-20-7-4-8-21(25(20)30)17-37-24-10-5-9-22-23(24)16-33(26(22)35)28(29,11-6-12-34)27(36)31-3/h4-5,7-10,12,18-19H,6,11,13-17,29H2,1-3H3,(H,31,36). The van der Waals surface area contributed by atoms with Gasteiger partial charge in [-0.1, -0.05) is 24.3 Å². The molecular weight excluding hydrogens is 488 g/mol. The molecule has 2 heterocycles. The van der Waals surface area contributed by atoms with Gasteiger partial charge in [0.25, 0.3) is 5.91 Å². The molecule has 10 heteroatoms. The van der Waals surface area contributed by atoms with Crippen LogP contribution in [0.25, 0.3) is 0 Å². The summed E-state index contributed by atoms with van der Waals surface area (Å²) in [4.78, 5) is 40.8. The van der Waals surface area contributed by atoms with E-state index in [2.05, 4.69) is 10.2 Å². The highest BCUT2D eigenvalue weighted by atomic mass is 19.1. The molecule has 38 heavy (non-hydrogen) atoms. The summed E-state index contributed by atoms with van der Waals surface area (Å²) < 4.78 is 27.3. The molecule has 0 aliphatic carbocycles. The number of nitrogens with zero attached hydrogens (tertiary/aromatic N) is 2. The van der Waals surface area contributed by atoms with Gasteiger partial charge in [0.1, 0.15) is 32.3 Å². The van der Waals surface area contributed by atoms with Crippen LogP contribution in [-0.4, -0.2) is 73.5 Å². The van der Waals surface area contributed by atoms with Crippen LogP contribution in [0.15, 0.2) is 36.4 Å². The molecule has 4 rings (SSSR count). The molecular formula is C28H35BFN3O5. The SMILES string of the molecule is BC(CCC=O)(C(=O)NC)N1Cc2c(OCc3cccc(CN4CC(C)OC(C)C4)c3F)cccc2C1=O. The van der Waals surface area contributed by atoms with Crippen molar-refractivity contribution in [3.05, 3.63) is 64.5 Å². The predicted octanol–water partition coefficient (Wildman–Crippen LogP) is 2.02. The maximum Gasteiger partial charge on any atom is 0.254 e. The van der Waals surface area contributed by atoms with E-state index in [4.69, 9.17) is 9.47 Å². The van der Waals surface area contributed by atoms with E-state index >= 15 is 4.39 Å². The molecule has 1 fully saturated rings. The number of hydrogen-bond donors (Lipinski definition) is 1. The van der Waals surface area contributed by atoms with Gasteiger partial charge in [-0.15, -0.1) is 0 Å². The number of hydrogen-bond acceptors (Lipinski definition) is 6. The van der Waals surface area contributed by atoms with Crippen LogP contribution in [-0.2, 0) is 34.0 Å². The second-order valence-electron chi connectivity index (χ2n) is 10.4. The number of carbonyl (C=O) groups excluding carboxylic acids is 3. The van der Waals surface area contributed by atoms with Gasteiger partial charge in [0.15, 0.2) is 0 Å². The third kappa shape index (κ3) is 5.61. The first kappa shape index (κ1) is 27.8. The molecule has 8 nitrogen and oxygen atoms in total. The van der Waals surface area contributed by atoms with Gasteiger partial charge in [0, 0.05) is 55.4 Å². The molecule has 3 atom stereocenters. The summed E-state index contributed by atoms with van der Waals surface area (Å²) in [7, 11) is 3.17. The quantitative estimate of drug-likeness (QED) is 0.379. The predicted molar refractivity (Wildman–Crippen MR) is 143 cm³/mol. The minimum Gasteiger partial charge on any atom is -0.488 e. The number of ether oxygens (including phenoxy) is 2. The Bertz CT molecular complexity index is 1200. The second-order valence-corrected chi connectivity index (χ2v) is 10.4. The Morgan fingerprint density at radius 1 is 1.21 bits per heavy atom. The van der Waals surface area contributed by atoms with Crippen molar-refractivity contribution < 1.29 is 28.2 Å². The average Bonchev–Trinajstić information content (AvgIpc) is 3.24. The maximum absolute atomic E-state index is 15.5. The van der Waals surface area contributed by atoms with Crippen LogP contribution in [0, 0.1) is 5.82 Å². The maximum atomic E-state index is 15.5. The Balaban J connectivity index is 1.51. The fourth-order valence-corrected chi connectivity index (χ4v) is 5.50. The minimum atomic E-state index is -1.20. The zero-order valence-electron chi connectivity index (χ0n) is 22.5. The van der Waals surface area contributed by atoms with Crippen LogP contribution in [0.4, 0.5) is 4.39 Å². The molecule has 202 valence electrons. The van der Waals surface area contributed by atoms with E-state index in [0.29, 0.717) is 34.5 Å². The molecule has 0 spiro atoms. The van der Waals surface area contributed by atoms with Crippen LogP contribution in [0.5, 0.6) is 5.75 Å². The van der Waals surface area contributed by atoms with E-state index in [0.717, 1.165) is 19.4 Å². The molecule has 0 bridgehead atoms. The molecule has 2 aromatic rings. The fraction of sp³-hybridized carbons (Fsp3) is 0.464. The van der Waals surface area contributed by atoms with Gasteiger partial charge in [-0.05, 0) is 32.4 Å². The Hall–Kier alpha value is -3.24. The summed E-state index contributed by atoms with van der Waals surface area (Å²) in [6, 6.07) is 10.5. The zero-order chi connectivity index (χ0) is 27.4. The molecule has 1 N–H and O–H groups in total. The lowest BCUT2D eigenvalue weighted by atomic mass is 9.71. The van der Waals surface area contributed by atoms with Crippen molar-refractivity contribution in [3.63, 3.8) is 0 Å². The average molecular weight is 523 g/mol. The van der Waals surface area contributed by atoms with Gasteiger partial charge in [0.05, 0.1) is 24.2 Å². The molecule has 2 aromatic carbocycles. The molecule has 2 amide bonds. The van der Waals surface area contributed by atoms with Crippen LogP contribution < -0.4 is 10.1 Å². The molecule has 1 saturated heterocycles. The highest BCUT2D eigenvalue weighted by molar-refractivity contribution is 6.30. The van der Waals surface area contributed by atoms with E-state index in [-0.39, 0.29) is 55.8 Å². The van der Waals surface area contributed by atoms with Crippen molar-refractivity contribution in [1.29, 1.82) is 0 Å². The highest BCUT2D eigenvalue weighted by Crippen LogP contribution is 2.36. The van der Waals surface area contributed by atoms with Crippen LogP contribution >= 0.6 is 0 Å². The van der Waals surface area contributed by atoms with Gasteiger partial charge in [-0.3, -0.25) is 14.5 Å². The lowest BCUT2D eigenvalue weighted by molar-refractivity contribution is -0.127. The van der Waals surface area contributed by atoms with Crippen molar-refractivity contribution in [2.75, 3.05) is 20.1 Å². The van der Waals surface area contributed by atoms with Crippen molar-refractivity contribution in [1.82, 2.24) is 15.1 Å². The first-order valence-corrected chi connectivity index (χ1v) is 13.0. The minimum absolute atomic E-state index is 0.00190. The van der Waals surface area contributed by atoms with Crippen LogP contribution in [0.2, 0.25) is 0 Å². The van der Waals surface area contributed by atoms with Crippen LogP contribution in [0.1, 0.15) is 53.7 Å². The molecule has 0 saturated carbocycles. The number of rotatable bonds is 10. The molecule has 3 unspecified atom stereocenters. The first-order valence-electron chi connectivity index (χ1n) is 13.0. The summed E-state index contributed by atoms with van der Waals surface area (Å²) >= 11 is 0. The topological polar surface area (TPSA) is 88.2 Å². The Morgan fingerprint density at radius 2 is 1.89 bits per heavy atom. The van der Waals surface area contributed by atoms with Crippen molar-refractivity contribution >= 4 is 25.9 Å². The lowest BCUT2D eigenvalue weighted by Gasteiger charge is -2.37. The summed E-state index contributed by atoms with van der Waals surface area (Å²) in [6.07, 6.45) is 1.28. The number of nitrogens with one attached hydrogen (secondary N) is 1. The smallest absolute Gasteiger partial charge is 0.254 e. The van der Waals surface area contributed by atoms with Crippen molar-refractivity contribution in [2.24, 2.45) is 0 Å². The van der Waals surface area contributed by atoms with Gasteiger partial charge < -0.3 is 24.5 Å². The highest BCUT2D eigenvalue weighted by Gasteiger charge is 2.45. The Labute approximate surface area is 223 Å². The number of likely N-dealkylation sites (N-methyl/N-ethyl adjacent to an activating group) is 1. The number of fused-ring (bicyclic) bond motifs is 1. The van der Waals surface area contributed by atoms with Gasteiger partial charge in [0.2, 0.25) is 5.91 Å². The third-order valence-electron chi connectivity index (χ3n) is 7.42. The van der Waals surface area contributed by atoms with Crippen molar-refractivity contribution in [3.8, 4) is 5.75 Å². The number of morpholine rings is 1. The molecule has 0 aromatic heterocycles. The molecule has 0 radical (unpaired) electrons. The lowest BCUT2D eigenvalue weighted by Crippen LogP contribution is -2.59. The summed E-state index contributed by atoms with van der Waals surface area (Å²) in [6.45, 7) is 6.17. The van der Waals surface area contributed by atoms with E-state index < -0.39 is 5.44 Å². The number of carbonyl (C=O) groups is 3. The Morgan fingerprint density at radius 3 is 2.58 bits per heavy atom. The summed E-state index contributed by atoms with van der Waals surface area (Å²) in [5.74, 6) is -0.477. The number of aldehydes is 1. The summed E-state index contributed by atoms with van der Waals surface area (Å²) in [5.41, 5.74) is 0.915. The Kier molecular flexibility index (Phi) is 8.52. The third-order valence-corrected chi connectivity index (χ3v) is 7.42. The number of benzene rings is 2. The molecule has 2 aliphatic heterocycles. The zero-order valence-corrected chi connectivity index (χ0v) is 22.5. The number of halogens is 1. The van der Waals surface area contributed by atoms with E-state index in [1.165, 1.54) is 11.9 Å². The first-order chi connectivity index (χ1) is 18.2. The normalized spacial score (nSPS) is 21.1. The van der Waals surface area contributed by atoms with Gasteiger partial charge in [-0.25, -0.2) is 4.39 Å². The van der Waals surface area contributed by atoms with Gasteiger partial charge >= 0.3 is 0 Å². The summed E-state index contributed by atoms with van der Waals surface area (Å²) in [5, 5.41) is 2.61. The van der Waals surface area contributed by atoms with Gasteiger partial charge in [-0.2, -0.15) is 0 Å². The largest absolute Gasteiger partial charge is 0.488 e. The van der Waals surface area contributed by atoms with Crippen molar-refractivity contribution in [2.45, 2.75) is 64.0 Å². The number of amides is 2. The van der Waals surface area contributed by atoms with E-state index in [9.17, 15) is 14.4 Å². The van der Waals surface area contributed by atoms with Crippen LogP contribution in [0.3, 0.4) is 0 Å².